The lowest BCUT2D eigenvalue weighted by Crippen LogP contribution is -2.62. The Kier molecular flexibility index (Phi) is 4.93. The first-order chi connectivity index (χ1) is 14.2. The average Bonchev–Trinajstić information content (AvgIpc) is 2.72. The number of carbonyl (C=O) groups is 3. The number of ether oxygens (including phenoxy) is 2. The second-order valence-electron chi connectivity index (χ2n) is 9.07. The minimum Gasteiger partial charge on any atom is -0.468 e. The molecule has 1 spiro atoms. The van der Waals surface area contributed by atoms with Crippen LogP contribution < -0.4 is 4.90 Å². The number of benzene rings is 2. The highest BCUT2D eigenvalue weighted by molar-refractivity contribution is 6.18. The average molecular weight is 409 g/mol. The molecule has 1 heterocycles. The van der Waals surface area contributed by atoms with Gasteiger partial charge in [0.25, 0.3) is 0 Å². The Hall–Kier alpha value is -2.73. The second-order valence-corrected chi connectivity index (χ2v) is 9.07. The van der Waals surface area contributed by atoms with Gasteiger partial charge in [-0.2, -0.15) is 0 Å². The first kappa shape index (κ1) is 20.5. The number of anilines is 1. The van der Waals surface area contributed by atoms with Crippen LogP contribution in [-0.2, 0) is 30.3 Å². The molecule has 158 valence electrons. The van der Waals surface area contributed by atoms with Gasteiger partial charge in [0.2, 0.25) is 0 Å². The molecule has 0 amide bonds. The van der Waals surface area contributed by atoms with Gasteiger partial charge in [-0.1, -0.05) is 44.2 Å². The molecule has 2 aromatic carbocycles. The van der Waals surface area contributed by atoms with Gasteiger partial charge in [-0.25, -0.2) is 0 Å². The van der Waals surface area contributed by atoms with Crippen LogP contribution in [0.2, 0.25) is 0 Å². The Balaban J connectivity index is 1.90. The Morgan fingerprint density at radius 1 is 1.10 bits per heavy atom. The molecule has 1 aliphatic carbocycles. The van der Waals surface area contributed by atoms with Gasteiger partial charge in [0.05, 0.1) is 7.11 Å². The molecule has 0 aromatic heterocycles. The van der Waals surface area contributed by atoms with Crippen molar-refractivity contribution in [3.63, 3.8) is 0 Å². The van der Waals surface area contributed by atoms with Crippen LogP contribution in [0, 0.1) is 16.7 Å². The molecule has 1 saturated carbocycles. The largest absolute Gasteiger partial charge is 0.468 e. The molecule has 4 rings (SSSR count). The number of esters is 1. The molecule has 1 aliphatic heterocycles. The topological polar surface area (TPSA) is 72.9 Å². The number of methoxy groups -OCH3 is 2. The van der Waals surface area contributed by atoms with Gasteiger partial charge in [-0.15, -0.1) is 0 Å². The standard InChI is InChI=1S/C24H27NO5/c1-23(2)12-19(26)24(21(27)20(23)22(28)30-4)11-17-16-8-6-5-7-15(16)9-10-18(17)25(13-24)14-29-3/h5-10,20H,11-14H2,1-4H3. The highest BCUT2D eigenvalue weighted by Crippen LogP contribution is 2.50. The van der Waals surface area contributed by atoms with Gasteiger partial charge in [-0.05, 0) is 34.2 Å². The van der Waals surface area contributed by atoms with Gasteiger partial charge < -0.3 is 14.4 Å². The molecule has 0 radical (unpaired) electrons. The molecular weight excluding hydrogens is 382 g/mol. The molecule has 2 aromatic rings. The summed E-state index contributed by atoms with van der Waals surface area (Å²) in [6.45, 7) is 4.03. The highest BCUT2D eigenvalue weighted by Gasteiger charge is 2.61. The van der Waals surface area contributed by atoms with E-state index < -0.39 is 22.7 Å². The minimum absolute atomic E-state index is 0.114. The predicted octanol–water partition coefficient (Wildman–Crippen LogP) is 3.15. The van der Waals surface area contributed by atoms with Gasteiger partial charge in [0, 0.05) is 25.8 Å². The molecule has 2 aliphatic rings. The van der Waals surface area contributed by atoms with E-state index in [-0.39, 0.29) is 37.7 Å². The SMILES string of the molecule is COCN1CC2(Cc3c1ccc1ccccc31)C(=O)CC(C)(C)C(C(=O)OC)C2=O. The smallest absolute Gasteiger partial charge is 0.316 e. The summed E-state index contributed by atoms with van der Waals surface area (Å²) >= 11 is 0. The van der Waals surface area contributed by atoms with E-state index in [1.807, 2.05) is 41.3 Å². The first-order valence-electron chi connectivity index (χ1n) is 10.1. The molecule has 6 nitrogen and oxygen atoms in total. The summed E-state index contributed by atoms with van der Waals surface area (Å²) in [6.07, 6.45) is 0.435. The van der Waals surface area contributed by atoms with Crippen LogP contribution in [-0.4, -0.2) is 45.0 Å². The summed E-state index contributed by atoms with van der Waals surface area (Å²) in [4.78, 5) is 41.9. The third kappa shape index (κ3) is 2.93. The van der Waals surface area contributed by atoms with Gasteiger partial charge in [0.15, 0.2) is 5.78 Å². The van der Waals surface area contributed by atoms with Crippen molar-refractivity contribution >= 4 is 34.0 Å². The van der Waals surface area contributed by atoms with Crippen LogP contribution in [0.1, 0.15) is 25.8 Å². The van der Waals surface area contributed by atoms with E-state index in [1.54, 1.807) is 21.0 Å². The maximum atomic E-state index is 13.8. The van der Waals surface area contributed by atoms with Crippen molar-refractivity contribution in [2.24, 2.45) is 16.7 Å². The fraction of sp³-hybridized carbons (Fsp3) is 0.458. The summed E-state index contributed by atoms with van der Waals surface area (Å²) in [7, 11) is 2.88. The van der Waals surface area contributed by atoms with Crippen molar-refractivity contribution < 1.29 is 23.9 Å². The number of hydrogen-bond donors (Lipinski definition) is 0. The molecule has 2 atom stereocenters. The van der Waals surface area contributed by atoms with E-state index in [1.165, 1.54) is 7.11 Å². The Bertz CT molecular complexity index is 1040. The predicted molar refractivity (Wildman–Crippen MR) is 113 cm³/mol. The van der Waals surface area contributed by atoms with E-state index in [2.05, 4.69) is 0 Å². The number of nitrogens with zero attached hydrogens (tertiary/aromatic N) is 1. The minimum atomic E-state index is -1.29. The van der Waals surface area contributed by atoms with Crippen LogP contribution in [0.3, 0.4) is 0 Å². The molecule has 30 heavy (non-hydrogen) atoms. The second kappa shape index (κ2) is 7.20. The van der Waals surface area contributed by atoms with Gasteiger partial charge in [0.1, 0.15) is 23.8 Å². The number of fused-ring (bicyclic) bond motifs is 3. The van der Waals surface area contributed by atoms with E-state index >= 15 is 0 Å². The quantitative estimate of drug-likeness (QED) is 0.573. The van der Waals surface area contributed by atoms with Crippen LogP contribution >= 0.6 is 0 Å². The third-order valence-electron chi connectivity index (χ3n) is 6.68. The number of rotatable bonds is 3. The monoisotopic (exact) mass is 409 g/mol. The van der Waals surface area contributed by atoms with Crippen molar-refractivity contribution in [2.75, 3.05) is 32.4 Å². The number of ketones is 2. The van der Waals surface area contributed by atoms with Crippen molar-refractivity contribution in [3.8, 4) is 0 Å². The first-order valence-corrected chi connectivity index (χ1v) is 10.1. The Morgan fingerprint density at radius 3 is 2.53 bits per heavy atom. The molecule has 0 saturated heterocycles. The Morgan fingerprint density at radius 2 is 1.83 bits per heavy atom. The zero-order valence-electron chi connectivity index (χ0n) is 17.9. The lowest BCUT2D eigenvalue weighted by Gasteiger charge is -2.49. The lowest BCUT2D eigenvalue weighted by atomic mass is 9.55. The fourth-order valence-corrected chi connectivity index (χ4v) is 5.20. The van der Waals surface area contributed by atoms with Gasteiger partial charge in [-0.3, -0.25) is 14.4 Å². The molecule has 6 heteroatoms. The van der Waals surface area contributed by atoms with Crippen LogP contribution in [0.4, 0.5) is 5.69 Å². The molecular formula is C24H27NO5. The third-order valence-corrected chi connectivity index (χ3v) is 6.68. The van der Waals surface area contributed by atoms with Crippen molar-refractivity contribution in [3.05, 3.63) is 42.0 Å². The number of carbonyl (C=O) groups excluding carboxylic acids is 3. The summed E-state index contributed by atoms with van der Waals surface area (Å²) in [5.41, 5.74) is -0.163. The van der Waals surface area contributed by atoms with Gasteiger partial charge >= 0.3 is 5.97 Å². The maximum absolute atomic E-state index is 13.8. The van der Waals surface area contributed by atoms with Crippen LogP contribution in [0.25, 0.3) is 10.8 Å². The number of Topliss-reactive ketones (excluding diaryl/α,β-unsaturated/α-hetero) is 2. The molecule has 2 unspecified atom stereocenters. The number of hydrogen-bond acceptors (Lipinski definition) is 6. The maximum Gasteiger partial charge on any atom is 0.316 e. The van der Waals surface area contributed by atoms with Crippen molar-refractivity contribution in [2.45, 2.75) is 26.7 Å². The summed E-state index contributed by atoms with van der Waals surface area (Å²) < 4.78 is 10.4. The summed E-state index contributed by atoms with van der Waals surface area (Å²) in [5.74, 6) is -1.99. The summed E-state index contributed by atoms with van der Waals surface area (Å²) in [6, 6.07) is 12.0. The van der Waals surface area contributed by atoms with E-state index in [0.717, 1.165) is 22.0 Å². The highest BCUT2D eigenvalue weighted by atomic mass is 16.5. The summed E-state index contributed by atoms with van der Waals surface area (Å²) in [5, 5.41) is 2.06. The fourth-order valence-electron chi connectivity index (χ4n) is 5.20. The van der Waals surface area contributed by atoms with E-state index in [0.29, 0.717) is 0 Å². The van der Waals surface area contributed by atoms with Crippen LogP contribution in [0.15, 0.2) is 36.4 Å². The molecule has 0 bridgehead atoms. The van der Waals surface area contributed by atoms with E-state index in [4.69, 9.17) is 9.47 Å². The normalized spacial score (nSPS) is 25.5. The molecule has 1 fully saturated rings. The zero-order valence-corrected chi connectivity index (χ0v) is 17.9. The van der Waals surface area contributed by atoms with Crippen molar-refractivity contribution in [1.82, 2.24) is 0 Å². The zero-order chi connectivity index (χ0) is 21.7. The molecule has 0 N–H and O–H groups in total. The van der Waals surface area contributed by atoms with Crippen LogP contribution in [0.5, 0.6) is 0 Å². The Labute approximate surface area is 176 Å². The van der Waals surface area contributed by atoms with Crippen molar-refractivity contribution in [1.29, 1.82) is 0 Å². The van der Waals surface area contributed by atoms with E-state index in [9.17, 15) is 14.4 Å². The lowest BCUT2D eigenvalue weighted by molar-refractivity contribution is -0.165.